The van der Waals surface area contributed by atoms with E-state index in [9.17, 15) is 20.6 Å². The lowest BCUT2D eigenvalue weighted by atomic mass is 9.75. The Morgan fingerprint density at radius 3 is 2.34 bits per heavy atom. The number of rotatable bonds is 3. The molecule has 3 aliphatic rings. The summed E-state index contributed by atoms with van der Waals surface area (Å²) >= 11 is 0. The van der Waals surface area contributed by atoms with Gasteiger partial charge in [0, 0.05) is 40.5 Å². The second kappa shape index (κ2) is 7.97. The number of phenolic OH excluding ortho intramolecular Hbond substituents is 3. The molecule has 9 heteroatoms. The molecule has 0 aliphatic carbocycles. The van der Waals surface area contributed by atoms with Gasteiger partial charge in [-0.15, -0.1) is 0 Å². The van der Waals surface area contributed by atoms with E-state index >= 15 is 0 Å². The van der Waals surface area contributed by atoms with Crippen molar-refractivity contribution in [3.05, 3.63) is 45.1 Å². The minimum atomic E-state index is -0.579. The number of piperazine rings is 1. The molecule has 2 bridgehead atoms. The zero-order valence-corrected chi connectivity index (χ0v) is 20.5. The van der Waals surface area contributed by atoms with Crippen LogP contribution in [0.1, 0.15) is 45.5 Å². The molecule has 3 aliphatic heterocycles. The van der Waals surface area contributed by atoms with E-state index in [1.165, 1.54) is 14.2 Å². The van der Waals surface area contributed by atoms with E-state index in [0.717, 1.165) is 16.8 Å². The van der Waals surface area contributed by atoms with Gasteiger partial charge in [-0.05, 0) is 44.5 Å². The number of fused-ring (bicyclic) bond motifs is 7. The quantitative estimate of drug-likeness (QED) is 0.491. The van der Waals surface area contributed by atoms with Crippen molar-refractivity contribution in [2.24, 2.45) is 5.73 Å². The van der Waals surface area contributed by atoms with Crippen molar-refractivity contribution in [1.29, 1.82) is 5.26 Å². The smallest absolute Gasteiger partial charge is 0.167 e. The van der Waals surface area contributed by atoms with Crippen LogP contribution < -0.4 is 15.2 Å². The number of benzene rings is 2. The zero-order valence-electron chi connectivity index (χ0n) is 20.5. The topological polar surface area (TPSA) is 135 Å². The first-order valence-electron chi connectivity index (χ1n) is 11.5. The number of aromatic hydroxyl groups is 3. The van der Waals surface area contributed by atoms with Crippen LogP contribution in [-0.2, 0) is 6.42 Å². The van der Waals surface area contributed by atoms with Gasteiger partial charge < -0.3 is 35.4 Å². The highest BCUT2D eigenvalue weighted by Crippen LogP contribution is 2.57. The number of phenols is 3. The fraction of sp³-hybridized carbons (Fsp3) is 0.423. The Kier molecular flexibility index (Phi) is 5.27. The Morgan fingerprint density at radius 1 is 1.09 bits per heavy atom. The normalized spacial score (nSPS) is 24.6. The number of methoxy groups -OCH3 is 2. The second-order valence-electron chi connectivity index (χ2n) is 9.47. The average Bonchev–Trinajstić information content (AvgIpc) is 2.83. The van der Waals surface area contributed by atoms with Gasteiger partial charge in [-0.1, -0.05) is 6.07 Å². The van der Waals surface area contributed by atoms with Gasteiger partial charge in [-0.3, -0.25) is 4.90 Å². The van der Waals surface area contributed by atoms with Gasteiger partial charge in [0.1, 0.15) is 11.8 Å². The molecule has 35 heavy (non-hydrogen) atoms. The number of nitrogens with zero attached hydrogens (tertiary/aromatic N) is 3. The van der Waals surface area contributed by atoms with Gasteiger partial charge in [0.2, 0.25) is 0 Å². The summed E-state index contributed by atoms with van der Waals surface area (Å²) in [4.78, 5) is 4.04. The first-order valence-corrected chi connectivity index (χ1v) is 11.5. The molecule has 184 valence electrons. The maximum atomic E-state index is 11.3. The molecule has 0 amide bonds. The Balaban J connectivity index is 1.85. The summed E-state index contributed by atoms with van der Waals surface area (Å²) in [6, 6.07) is 2.74. The molecule has 4 atom stereocenters. The summed E-state index contributed by atoms with van der Waals surface area (Å²) in [6.07, 6.45) is 2.35. The minimum Gasteiger partial charge on any atom is -0.507 e. The molecular weight excluding hydrogens is 448 g/mol. The van der Waals surface area contributed by atoms with Gasteiger partial charge in [0.15, 0.2) is 23.0 Å². The molecule has 2 aromatic rings. The Morgan fingerprint density at radius 2 is 1.74 bits per heavy atom. The molecule has 9 nitrogen and oxygen atoms in total. The molecule has 0 radical (unpaired) electrons. The molecule has 0 aromatic heterocycles. The molecule has 5 rings (SSSR count). The number of hydrogen-bond donors (Lipinski definition) is 4. The summed E-state index contributed by atoms with van der Waals surface area (Å²) in [5, 5.41) is 43.9. The van der Waals surface area contributed by atoms with Crippen LogP contribution in [0.3, 0.4) is 0 Å². The van der Waals surface area contributed by atoms with Crippen molar-refractivity contribution in [3.63, 3.8) is 0 Å². The van der Waals surface area contributed by atoms with Crippen LogP contribution in [0.4, 0.5) is 0 Å². The first-order chi connectivity index (χ1) is 16.7. The van der Waals surface area contributed by atoms with Crippen molar-refractivity contribution in [2.45, 2.75) is 44.4 Å². The molecule has 0 spiro atoms. The lowest BCUT2D eigenvalue weighted by Crippen LogP contribution is -2.62. The molecular formula is C26H30N4O5. The van der Waals surface area contributed by atoms with Gasteiger partial charge in [-0.25, -0.2) is 0 Å². The number of nitriles is 1. The summed E-state index contributed by atoms with van der Waals surface area (Å²) in [6.45, 7) is 3.66. The number of aryl methyl sites for hydroxylation is 1. The van der Waals surface area contributed by atoms with Gasteiger partial charge in [0.25, 0.3) is 0 Å². The lowest BCUT2D eigenvalue weighted by Gasteiger charge is -2.57. The van der Waals surface area contributed by atoms with Crippen molar-refractivity contribution in [1.82, 2.24) is 9.80 Å². The van der Waals surface area contributed by atoms with E-state index in [2.05, 4.69) is 11.0 Å². The Bertz CT molecular complexity index is 1310. The molecule has 2 aromatic carbocycles. The SMILES string of the molecule is COc1c(C)cc2c(c1O)[C@H]1C3=Cc4c(O)c(C)c(OC)c(O)c4[C@H](CN)N3[C@@H](C#N)[C@@H](C2)N1C. The third-order valence-electron chi connectivity index (χ3n) is 7.88. The van der Waals surface area contributed by atoms with E-state index in [1.807, 2.05) is 24.9 Å². The Labute approximate surface area is 204 Å². The molecule has 5 N–H and O–H groups in total. The second-order valence-corrected chi connectivity index (χ2v) is 9.47. The third-order valence-corrected chi connectivity index (χ3v) is 7.88. The van der Waals surface area contributed by atoms with Crippen LogP contribution in [-0.4, -0.2) is 65.0 Å². The van der Waals surface area contributed by atoms with Crippen LogP contribution in [0.5, 0.6) is 28.7 Å². The standard InChI is InChI=1S/C26H30N4O5/c1-11-6-13-7-15-17(9-27)30-16(21(29(15)3)19(13)23(32)25(11)34-4)8-14-20(18(30)10-28)24(33)26(35-5)12(2)22(14)31/h6,8,15,17-18,21,31-33H,7,10,28H2,1-5H3/t15-,17+,18+,21-/m1/s1. The first kappa shape index (κ1) is 23.1. The third kappa shape index (κ3) is 2.87. The largest absolute Gasteiger partial charge is 0.507 e. The van der Waals surface area contributed by atoms with Gasteiger partial charge >= 0.3 is 0 Å². The minimum absolute atomic E-state index is 0.0136. The van der Waals surface area contributed by atoms with Gasteiger partial charge in [-0.2, -0.15) is 5.26 Å². The maximum Gasteiger partial charge on any atom is 0.167 e. The van der Waals surface area contributed by atoms with Crippen LogP contribution >= 0.6 is 0 Å². The van der Waals surface area contributed by atoms with Crippen LogP contribution in [0.2, 0.25) is 0 Å². The summed E-state index contributed by atoms with van der Waals surface area (Å²) < 4.78 is 10.9. The molecule has 0 saturated carbocycles. The summed E-state index contributed by atoms with van der Waals surface area (Å²) in [5.74, 6) is 0.563. The highest BCUT2D eigenvalue weighted by molar-refractivity contribution is 5.76. The average molecular weight is 479 g/mol. The summed E-state index contributed by atoms with van der Waals surface area (Å²) in [5.41, 5.74) is 10.8. The van der Waals surface area contributed by atoms with Crippen molar-refractivity contribution < 1.29 is 24.8 Å². The van der Waals surface area contributed by atoms with E-state index in [0.29, 0.717) is 34.4 Å². The van der Waals surface area contributed by atoms with Crippen LogP contribution in [0.25, 0.3) is 6.08 Å². The van der Waals surface area contributed by atoms with Gasteiger partial charge in [0.05, 0.1) is 32.4 Å². The monoisotopic (exact) mass is 478 g/mol. The van der Waals surface area contributed by atoms with Crippen molar-refractivity contribution in [2.75, 3.05) is 27.8 Å². The van der Waals surface area contributed by atoms with E-state index < -0.39 is 18.1 Å². The predicted octanol–water partition coefficient (Wildman–Crippen LogP) is 2.60. The molecule has 1 fully saturated rings. The number of hydrogen-bond acceptors (Lipinski definition) is 9. The predicted molar refractivity (Wildman–Crippen MR) is 129 cm³/mol. The zero-order chi connectivity index (χ0) is 25.3. The lowest BCUT2D eigenvalue weighted by molar-refractivity contribution is 0.0209. The number of likely N-dealkylation sites (N-methyl/N-ethyl adjacent to an activating group) is 1. The number of nitrogens with two attached hydrogens (primary N) is 1. The summed E-state index contributed by atoms with van der Waals surface area (Å²) in [7, 11) is 4.90. The number of ether oxygens (including phenoxy) is 2. The van der Waals surface area contributed by atoms with E-state index in [-0.39, 0.29) is 35.6 Å². The van der Waals surface area contributed by atoms with E-state index in [1.54, 1.807) is 13.0 Å². The highest BCUT2D eigenvalue weighted by Gasteiger charge is 2.52. The Hall–Kier alpha value is -3.61. The molecule has 1 saturated heterocycles. The van der Waals surface area contributed by atoms with Crippen LogP contribution in [0, 0.1) is 25.2 Å². The molecule has 3 heterocycles. The van der Waals surface area contributed by atoms with E-state index in [4.69, 9.17) is 15.2 Å². The fourth-order valence-corrected chi connectivity index (χ4v) is 6.33. The maximum absolute atomic E-state index is 11.3. The van der Waals surface area contributed by atoms with Crippen LogP contribution in [0.15, 0.2) is 11.8 Å². The molecule has 0 unspecified atom stereocenters. The highest BCUT2D eigenvalue weighted by atomic mass is 16.5. The fourth-order valence-electron chi connectivity index (χ4n) is 6.33. The van der Waals surface area contributed by atoms with Crippen molar-refractivity contribution in [3.8, 4) is 34.8 Å². The van der Waals surface area contributed by atoms with Crippen molar-refractivity contribution >= 4 is 6.08 Å².